The number of rotatable bonds is 5. The molecule has 2 N–H and O–H groups in total. The zero-order chi connectivity index (χ0) is 17.6. The number of carbonyl (C=O) groups excluding carboxylic acids is 2. The van der Waals surface area contributed by atoms with Gasteiger partial charge in [0.15, 0.2) is 0 Å². The third-order valence-corrected chi connectivity index (χ3v) is 5.43. The molecule has 1 heterocycles. The van der Waals surface area contributed by atoms with Crippen molar-refractivity contribution < 1.29 is 9.59 Å². The van der Waals surface area contributed by atoms with Crippen molar-refractivity contribution in [1.82, 2.24) is 10.2 Å². The number of halogens is 1. The average Bonchev–Trinajstić information content (AvgIpc) is 3.10. The van der Waals surface area contributed by atoms with Crippen molar-refractivity contribution in [1.29, 1.82) is 0 Å². The summed E-state index contributed by atoms with van der Waals surface area (Å²) in [5.41, 5.74) is 1.38. The molecule has 26 heavy (non-hydrogen) atoms. The van der Waals surface area contributed by atoms with E-state index in [4.69, 9.17) is 0 Å². The average molecular weight is 380 g/mol. The highest BCUT2D eigenvalue weighted by atomic mass is 35.5. The molecule has 1 aromatic carbocycles. The van der Waals surface area contributed by atoms with Gasteiger partial charge in [0, 0.05) is 36.3 Å². The first-order valence-electron chi connectivity index (χ1n) is 9.55. The molecule has 1 aliphatic carbocycles. The SMILES string of the molecule is CNCC1CCCN1C(=O)c1cccc(NC(=O)C2CCCCC2)c1.Cl. The molecule has 5 nitrogen and oxygen atoms in total. The molecule has 3 rings (SSSR count). The fraction of sp³-hybridized carbons (Fsp3) is 0.600. The van der Waals surface area contributed by atoms with Gasteiger partial charge in [0.25, 0.3) is 5.91 Å². The molecular weight excluding hydrogens is 350 g/mol. The number of nitrogens with zero attached hydrogens (tertiary/aromatic N) is 1. The van der Waals surface area contributed by atoms with Crippen molar-refractivity contribution in [2.75, 3.05) is 25.5 Å². The van der Waals surface area contributed by atoms with Gasteiger partial charge < -0.3 is 15.5 Å². The van der Waals surface area contributed by atoms with Crippen LogP contribution in [0.25, 0.3) is 0 Å². The summed E-state index contributed by atoms with van der Waals surface area (Å²) in [6.07, 6.45) is 7.56. The Morgan fingerprint density at radius 1 is 1.12 bits per heavy atom. The largest absolute Gasteiger partial charge is 0.334 e. The fourth-order valence-electron chi connectivity index (χ4n) is 4.06. The van der Waals surface area contributed by atoms with Crippen molar-refractivity contribution in [3.05, 3.63) is 29.8 Å². The van der Waals surface area contributed by atoms with Crippen LogP contribution < -0.4 is 10.6 Å². The van der Waals surface area contributed by atoms with Gasteiger partial charge in [-0.2, -0.15) is 0 Å². The summed E-state index contributed by atoms with van der Waals surface area (Å²) in [6.45, 7) is 1.63. The second kappa shape index (κ2) is 9.93. The second-order valence-corrected chi connectivity index (χ2v) is 7.26. The Kier molecular flexibility index (Phi) is 7.91. The van der Waals surface area contributed by atoms with E-state index >= 15 is 0 Å². The molecule has 2 amide bonds. The monoisotopic (exact) mass is 379 g/mol. The van der Waals surface area contributed by atoms with Crippen LogP contribution in [0, 0.1) is 5.92 Å². The first kappa shape index (κ1) is 20.7. The number of likely N-dealkylation sites (tertiary alicyclic amines) is 1. The predicted molar refractivity (Wildman–Crippen MR) is 107 cm³/mol. The smallest absolute Gasteiger partial charge is 0.254 e. The van der Waals surface area contributed by atoms with E-state index in [9.17, 15) is 9.59 Å². The second-order valence-electron chi connectivity index (χ2n) is 7.26. The third kappa shape index (κ3) is 4.98. The molecule has 6 heteroatoms. The molecule has 144 valence electrons. The minimum atomic E-state index is 0. The zero-order valence-electron chi connectivity index (χ0n) is 15.5. The molecular formula is C20H30ClN3O2. The van der Waals surface area contributed by atoms with Crippen molar-refractivity contribution in [2.24, 2.45) is 5.92 Å². The molecule has 0 bridgehead atoms. The Labute approximate surface area is 162 Å². The fourth-order valence-corrected chi connectivity index (χ4v) is 4.06. The number of amides is 2. The van der Waals surface area contributed by atoms with Gasteiger partial charge in [0.05, 0.1) is 0 Å². The molecule has 0 spiro atoms. The molecule has 2 fully saturated rings. The summed E-state index contributed by atoms with van der Waals surface area (Å²) in [4.78, 5) is 27.2. The van der Waals surface area contributed by atoms with E-state index in [-0.39, 0.29) is 36.2 Å². The summed E-state index contributed by atoms with van der Waals surface area (Å²) < 4.78 is 0. The predicted octanol–water partition coefficient (Wildman–Crippen LogP) is 3.45. The quantitative estimate of drug-likeness (QED) is 0.823. The van der Waals surface area contributed by atoms with Gasteiger partial charge >= 0.3 is 0 Å². The van der Waals surface area contributed by atoms with Gasteiger partial charge in [-0.1, -0.05) is 25.3 Å². The summed E-state index contributed by atoms with van der Waals surface area (Å²) in [5, 5.41) is 6.18. The van der Waals surface area contributed by atoms with Crippen molar-refractivity contribution in [2.45, 2.75) is 51.0 Å². The highest BCUT2D eigenvalue weighted by Gasteiger charge is 2.29. The Hall–Kier alpha value is -1.59. The molecule has 0 radical (unpaired) electrons. The van der Waals surface area contributed by atoms with Crippen molar-refractivity contribution in [3.63, 3.8) is 0 Å². The minimum Gasteiger partial charge on any atom is -0.334 e. The number of benzene rings is 1. The van der Waals surface area contributed by atoms with Crippen LogP contribution in [0.3, 0.4) is 0 Å². The van der Waals surface area contributed by atoms with Crippen molar-refractivity contribution in [3.8, 4) is 0 Å². The van der Waals surface area contributed by atoms with Crippen LogP contribution in [0.15, 0.2) is 24.3 Å². The van der Waals surface area contributed by atoms with E-state index in [0.717, 1.165) is 57.3 Å². The van der Waals surface area contributed by atoms with Crippen LogP contribution in [-0.4, -0.2) is 42.9 Å². The normalized spacial score (nSPS) is 20.5. The number of likely N-dealkylation sites (N-methyl/N-ethyl adjacent to an activating group) is 1. The Morgan fingerprint density at radius 2 is 1.88 bits per heavy atom. The summed E-state index contributed by atoms with van der Waals surface area (Å²) in [6, 6.07) is 7.64. The molecule has 0 aromatic heterocycles. The maximum absolute atomic E-state index is 12.9. The number of anilines is 1. The van der Waals surface area contributed by atoms with Gasteiger partial charge in [-0.15, -0.1) is 12.4 Å². The van der Waals surface area contributed by atoms with E-state index in [1.54, 1.807) is 0 Å². The zero-order valence-corrected chi connectivity index (χ0v) is 16.3. The van der Waals surface area contributed by atoms with Gasteiger partial charge in [-0.3, -0.25) is 9.59 Å². The van der Waals surface area contributed by atoms with Crippen LogP contribution in [0.5, 0.6) is 0 Å². The van der Waals surface area contributed by atoms with Crippen LogP contribution in [-0.2, 0) is 4.79 Å². The molecule has 1 saturated carbocycles. The lowest BCUT2D eigenvalue weighted by molar-refractivity contribution is -0.120. The Bertz CT molecular complexity index is 617. The molecule has 1 atom stereocenters. The summed E-state index contributed by atoms with van der Waals surface area (Å²) in [5.74, 6) is 0.275. The highest BCUT2D eigenvalue weighted by molar-refractivity contribution is 5.98. The van der Waals surface area contributed by atoms with E-state index < -0.39 is 0 Å². The number of nitrogens with one attached hydrogen (secondary N) is 2. The molecule has 1 aromatic rings. The van der Waals surface area contributed by atoms with Crippen LogP contribution >= 0.6 is 12.4 Å². The van der Waals surface area contributed by atoms with Gasteiger partial charge in [-0.25, -0.2) is 0 Å². The van der Waals surface area contributed by atoms with E-state index in [0.29, 0.717) is 5.56 Å². The van der Waals surface area contributed by atoms with E-state index in [1.807, 2.05) is 36.2 Å². The molecule has 1 aliphatic heterocycles. The number of hydrogen-bond donors (Lipinski definition) is 2. The van der Waals surface area contributed by atoms with Gasteiger partial charge in [-0.05, 0) is 50.9 Å². The number of carbonyl (C=O) groups is 2. The lowest BCUT2D eigenvalue weighted by atomic mass is 9.88. The van der Waals surface area contributed by atoms with Gasteiger partial charge in [0.2, 0.25) is 5.91 Å². The molecule has 2 aliphatic rings. The Balaban J connectivity index is 0.00000243. The standard InChI is InChI=1S/C20H29N3O2.ClH/c1-21-14-18-11-6-12-23(18)20(25)16-9-5-10-17(13-16)22-19(24)15-7-3-2-4-8-15;/h5,9-10,13,15,18,21H,2-4,6-8,11-12,14H2,1H3,(H,22,24);1H. The lowest BCUT2D eigenvalue weighted by Gasteiger charge is -2.25. The van der Waals surface area contributed by atoms with Gasteiger partial charge in [0.1, 0.15) is 0 Å². The van der Waals surface area contributed by atoms with E-state index in [1.165, 1.54) is 6.42 Å². The summed E-state index contributed by atoms with van der Waals surface area (Å²) >= 11 is 0. The Morgan fingerprint density at radius 3 is 2.62 bits per heavy atom. The molecule has 1 saturated heterocycles. The highest BCUT2D eigenvalue weighted by Crippen LogP contribution is 2.26. The van der Waals surface area contributed by atoms with E-state index in [2.05, 4.69) is 10.6 Å². The van der Waals surface area contributed by atoms with Crippen LogP contribution in [0.2, 0.25) is 0 Å². The first-order chi connectivity index (χ1) is 12.2. The topological polar surface area (TPSA) is 61.4 Å². The maximum atomic E-state index is 12.9. The maximum Gasteiger partial charge on any atom is 0.254 e. The third-order valence-electron chi connectivity index (χ3n) is 5.43. The molecule has 1 unspecified atom stereocenters. The number of hydrogen-bond acceptors (Lipinski definition) is 3. The van der Waals surface area contributed by atoms with Crippen LogP contribution in [0.4, 0.5) is 5.69 Å². The minimum absolute atomic E-state index is 0. The van der Waals surface area contributed by atoms with Crippen LogP contribution in [0.1, 0.15) is 55.3 Å². The summed E-state index contributed by atoms with van der Waals surface area (Å²) in [7, 11) is 1.92. The van der Waals surface area contributed by atoms with Crippen molar-refractivity contribution >= 4 is 29.9 Å². The first-order valence-corrected chi connectivity index (χ1v) is 9.55. The lowest BCUT2D eigenvalue weighted by Crippen LogP contribution is -2.40.